The number of amides is 1. The Morgan fingerprint density at radius 2 is 1.90 bits per heavy atom. The van der Waals surface area contributed by atoms with Crippen molar-refractivity contribution in [3.8, 4) is 5.75 Å². The highest BCUT2D eigenvalue weighted by Gasteiger charge is 2.21. The van der Waals surface area contributed by atoms with Gasteiger partial charge in [-0.3, -0.25) is 4.79 Å². The molecule has 0 atom stereocenters. The molecule has 29 heavy (non-hydrogen) atoms. The molecule has 1 saturated carbocycles. The lowest BCUT2D eigenvalue weighted by Crippen LogP contribution is -2.36. The van der Waals surface area contributed by atoms with E-state index >= 15 is 0 Å². The molecule has 0 unspecified atom stereocenters. The molecule has 0 heterocycles. The highest BCUT2D eigenvalue weighted by molar-refractivity contribution is 5.94. The Morgan fingerprint density at radius 3 is 2.62 bits per heavy atom. The van der Waals surface area contributed by atoms with Crippen molar-refractivity contribution in [1.29, 1.82) is 0 Å². The number of alkyl halides is 1. The van der Waals surface area contributed by atoms with Crippen LogP contribution in [0.4, 0.5) is 4.39 Å². The Hall–Kier alpha value is -2.40. The summed E-state index contributed by atoms with van der Waals surface area (Å²) < 4.78 is 18.3. The number of methoxy groups -OCH3 is 1. The van der Waals surface area contributed by atoms with Gasteiger partial charge in [-0.1, -0.05) is 24.3 Å². The lowest BCUT2D eigenvalue weighted by atomic mass is 9.86. The number of rotatable bonds is 8. The number of ether oxygens (including phenoxy) is 1. The summed E-state index contributed by atoms with van der Waals surface area (Å²) in [7, 11) is 1.70. The van der Waals surface area contributed by atoms with Crippen molar-refractivity contribution in [1.82, 2.24) is 10.6 Å². The third-order valence-corrected chi connectivity index (χ3v) is 5.73. The summed E-state index contributed by atoms with van der Waals surface area (Å²) in [5.41, 5.74) is 3.18. The molecular formula is C24H31FN2O2. The van der Waals surface area contributed by atoms with Crippen LogP contribution >= 0.6 is 0 Å². The number of para-hydroxylation sites is 1. The predicted octanol–water partition coefficient (Wildman–Crippen LogP) is 4.55. The van der Waals surface area contributed by atoms with E-state index in [4.69, 9.17) is 4.74 Å². The number of aryl methyl sites for hydroxylation is 1. The summed E-state index contributed by atoms with van der Waals surface area (Å²) in [5.74, 6) is 1.30. The topological polar surface area (TPSA) is 50.4 Å². The molecule has 1 amide bonds. The van der Waals surface area contributed by atoms with E-state index in [1.54, 1.807) is 19.2 Å². The molecule has 2 aromatic carbocycles. The Labute approximate surface area is 172 Å². The normalized spacial score (nSPS) is 19.0. The van der Waals surface area contributed by atoms with Crippen LogP contribution < -0.4 is 15.4 Å². The van der Waals surface area contributed by atoms with E-state index in [0.29, 0.717) is 29.6 Å². The number of halogens is 1. The molecule has 1 fully saturated rings. The molecular weight excluding hydrogens is 367 g/mol. The zero-order valence-corrected chi connectivity index (χ0v) is 17.3. The Balaban J connectivity index is 1.42. The molecule has 3 rings (SSSR count). The molecule has 0 aliphatic heterocycles. The molecule has 5 heteroatoms. The molecule has 2 N–H and O–H groups in total. The van der Waals surface area contributed by atoms with Gasteiger partial charge < -0.3 is 15.4 Å². The first kappa shape index (κ1) is 21.3. The number of hydrogen-bond acceptors (Lipinski definition) is 3. The van der Waals surface area contributed by atoms with Crippen LogP contribution in [0.5, 0.6) is 5.75 Å². The summed E-state index contributed by atoms with van der Waals surface area (Å²) in [4.78, 5) is 12.4. The first-order chi connectivity index (χ1) is 14.1. The summed E-state index contributed by atoms with van der Waals surface area (Å²) in [6, 6.07) is 13.8. The predicted molar refractivity (Wildman–Crippen MR) is 114 cm³/mol. The van der Waals surface area contributed by atoms with Gasteiger partial charge in [0.15, 0.2) is 0 Å². The van der Waals surface area contributed by atoms with Crippen molar-refractivity contribution in [2.75, 3.05) is 13.7 Å². The second-order valence-electron chi connectivity index (χ2n) is 7.96. The van der Waals surface area contributed by atoms with Crippen molar-refractivity contribution < 1.29 is 13.9 Å². The van der Waals surface area contributed by atoms with Crippen molar-refractivity contribution in [2.45, 2.75) is 51.9 Å². The first-order valence-electron chi connectivity index (χ1n) is 10.4. The fraction of sp³-hybridized carbons (Fsp3) is 0.458. The van der Waals surface area contributed by atoms with Crippen LogP contribution in [-0.2, 0) is 13.2 Å². The molecule has 2 aromatic rings. The van der Waals surface area contributed by atoms with Gasteiger partial charge in [-0.05, 0) is 67.9 Å². The van der Waals surface area contributed by atoms with Crippen LogP contribution in [-0.4, -0.2) is 25.6 Å². The van der Waals surface area contributed by atoms with Gasteiger partial charge in [0.2, 0.25) is 0 Å². The maximum atomic E-state index is 12.9. The number of carbonyl (C=O) groups excluding carboxylic acids is 1. The van der Waals surface area contributed by atoms with E-state index in [-0.39, 0.29) is 5.91 Å². The minimum Gasteiger partial charge on any atom is -0.496 e. The smallest absolute Gasteiger partial charge is 0.251 e. The van der Waals surface area contributed by atoms with E-state index in [1.165, 1.54) is 5.56 Å². The van der Waals surface area contributed by atoms with Gasteiger partial charge in [-0.15, -0.1) is 0 Å². The third-order valence-electron chi connectivity index (χ3n) is 5.73. The fourth-order valence-electron chi connectivity index (χ4n) is 4.08. The van der Waals surface area contributed by atoms with Crippen LogP contribution in [0.2, 0.25) is 0 Å². The summed E-state index contributed by atoms with van der Waals surface area (Å²) in [6.07, 6.45) is 4.39. The van der Waals surface area contributed by atoms with E-state index < -0.39 is 6.67 Å². The van der Waals surface area contributed by atoms with Gasteiger partial charge in [-0.2, -0.15) is 0 Å². The van der Waals surface area contributed by atoms with E-state index in [2.05, 4.69) is 16.7 Å². The summed E-state index contributed by atoms with van der Waals surface area (Å²) in [6.45, 7) is 2.82. The van der Waals surface area contributed by atoms with Crippen LogP contribution in [0.25, 0.3) is 0 Å². The van der Waals surface area contributed by atoms with Crippen molar-refractivity contribution in [2.24, 2.45) is 5.92 Å². The van der Waals surface area contributed by atoms with E-state index in [1.807, 2.05) is 31.2 Å². The molecule has 1 aliphatic carbocycles. The van der Waals surface area contributed by atoms with Gasteiger partial charge in [0.1, 0.15) is 12.4 Å². The summed E-state index contributed by atoms with van der Waals surface area (Å²) >= 11 is 0. The molecule has 4 nitrogen and oxygen atoms in total. The average Bonchev–Trinajstić information content (AvgIpc) is 2.76. The van der Waals surface area contributed by atoms with Crippen LogP contribution in [0.3, 0.4) is 0 Å². The highest BCUT2D eigenvalue weighted by atomic mass is 19.1. The maximum absolute atomic E-state index is 12.9. The Morgan fingerprint density at radius 1 is 1.14 bits per heavy atom. The standard InChI is InChI=1S/C24H31FN2O2/c1-17-11-19(14-25)13-21(12-17)24(28)27-15-18-7-9-22(10-8-18)26-16-20-5-3-4-6-23(20)29-2/h3-6,11-13,18,22,26H,7-10,14-16H2,1-2H3,(H,27,28). The number of benzene rings is 2. The number of carbonyl (C=O) groups is 1. The van der Waals surface area contributed by atoms with Gasteiger partial charge in [0.05, 0.1) is 7.11 Å². The van der Waals surface area contributed by atoms with Gasteiger partial charge in [0, 0.05) is 30.3 Å². The SMILES string of the molecule is COc1ccccc1CNC1CCC(CNC(=O)c2cc(C)cc(CF)c2)CC1. The molecule has 0 spiro atoms. The van der Waals surface area contributed by atoms with Crippen LogP contribution in [0, 0.1) is 12.8 Å². The lowest BCUT2D eigenvalue weighted by molar-refractivity contribution is 0.0942. The largest absolute Gasteiger partial charge is 0.496 e. The van der Waals surface area contributed by atoms with Crippen molar-refractivity contribution >= 4 is 5.91 Å². The fourth-order valence-corrected chi connectivity index (χ4v) is 4.08. The average molecular weight is 399 g/mol. The number of hydrogen-bond donors (Lipinski definition) is 2. The first-order valence-corrected chi connectivity index (χ1v) is 10.4. The minimum absolute atomic E-state index is 0.111. The van der Waals surface area contributed by atoms with E-state index in [0.717, 1.165) is 43.5 Å². The quantitative estimate of drug-likeness (QED) is 0.686. The zero-order chi connectivity index (χ0) is 20.6. The lowest BCUT2D eigenvalue weighted by Gasteiger charge is -2.29. The van der Waals surface area contributed by atoms with Crippen LogP contribution in [0.15, 0.2) is 42.5 Å². The van der Waals surface area contributed by atoms with Crippen molar-refractivity contribution in [3.63, 3.8) is 0 Å². The minimum atomic E-state index is -0.548. The monoisotopic (exact) mass is 398 g/mol. The van der Waals surface area contributed by atoms with Gasteiger partial charge in [0.25, 0.3) is 5.91 Å². The van der Waals surface area contributed by atoms with Crippen molar-refractivity contribution in [3.05, 3.63) is 64.7 Å². The summed E-state index contributed by atoms with van der Waals surface area (Å²) in [5, 5.41) is 6.68. The zero-order valence-electron chi connectivity index (χ0n) is 17.3. The Kier molecular flexibility index (Phi) is 7.64. The molecule has 0 radical (unpaired) electrons. The highest BCUT2D eigenvalue weighted by Crippen LogP contribution is 2.25. The third kappa shape index (κ3) is 6.04. The molecule has 1 aliphatic rings. The van der Waals surface area contributed by atoms with Gasteiger partial charge in [-0.25, -0.2) is 4.39 Å². The second-order valence-corrected chi connectivity index (χ2v) is 7.96. The second kappa shape index (κ2) is 10.4. The molecule has 156 valence electrons. The van der Waals surface area contributed by atoms with E-state index in [9.17, 15) is 9.18 Å². The Bertz CT molecular complexity index is 816. The van der Waals surface area contributed by atoms with Gasteiger partial charge >= 0.3 is 0 Å². The molecule has 0 saturated heterocycles. The maximum Gasteiger partial charge on any atom is 0.251 e. The molecule has 0 bridgehead atoms. The number of nitrogens with one attached hydrogen (secondary N) is 2. The van der Waals surface area contributed by atoms with Crippen LogP contribution in [0.1, 0.15) is 52.7 Å². The molecule has 0 aromatic heterocycles.